The highest BCUT2D eigenvalue weighted by atomic mass is 79.9. The fourth-order valence-electron chi connectivity index (χ4n) is 1.40. The molecule has 1 aromatic carbocycles. The van der Waals surface area contributed by atoms with Crippen molar-refractivity contribution >= 4 is 15.9 Å². The van der Waals surface area contributed by atoms with Gasteiger partial charge in [0, 0.05) is 10.0 Å². The van der Waals surface area contributed by atoms with Crippen molar-refractivity contribution in [2.45, 2.75) is 24.9 Å². The fraction of sp³-hybridized carbons (Fsp3) is 0.400. The molecule has 1 saturated carbocycles. The Kier molecular flexibility index (Phi) is 2.35. The molecular weight excluding hydrogens is 254 g/mol. The topological polar surface area (TPSA) is 20.2 Å². The summed E-state index contributed by atoms with van der Waals surface area (Å²) in [5, 5.41) is 9.75. The van der Waals surface area contributed by atoms with Crippen LogP contribution in [0.1, 0.15) is 30.4 Å². The lowest BCUT2D eigenvalue weighted by Crippen LogP contribution is -2.04. The van der Waals surface area contributed by atoms with Crippen LogP contribution in [0.2, 0.25) is 0 Å². The summed E-state index contributed by atoms with van der Waals surface area (Å²) in [7, 11) is 0. The summed E-state index contributed by atoms with van der Waals surface area (Å²) in [5.41, 5.74) is -0.0739. The van der Waals surface area contributed by atoms with E-state index in [1.807, 2.05) is 0 Å². The number of rotatable bonds is 2. The highest BCUT2D eigenvalue weighted by Gasteiger charge is 2.42. The molecule has 1 N–H and O–H groups in total. The maximum Gasteiger partial charge on any atom is 0.264 e. The highest BCUT2D eigenvalue weighted by Crippen LogP contribution is 2.46. The Morgan fingerprint density at radius 3 is 2.43 bits per heavy atom. The first kappa shape index (κ1) is 10.1. The van der Waals surface area contributed by atoms with Gasteiger partial charge in [0.05, 0.1) is 5.60 Å². The summed E-state index contributed by atoms with van der Waals surface area (Å²) in [4.78, 5) is 0. The summed E-state index contributed by atoms with van der Waals surface area (Å²) >= 11 is 3.08. The summed E-state index contributed by atoms with van der Waals surface area (Å²) in [6, 6.07) is 4.51. The molecule has 1 aromatic rings. The van der Waals surface area contributed by atoms with E-state index in [-0.39, 0.29) is 5.56 Å². The molecule has 0 heterocycles. The van der Waals surface area contributed by atoms with Crippen LogP contribution in [0.4, 0.5) is 8.78 Å². The van der Waals surface area contributed by atoms with E-state index in [2.05, 4.69) is 15.9 Å². The largest absolute Gasteiger partial charge is 0.385 e. The summed E-state index contributed by atoms with van der Waals surface area (Å²) in [6.07, 6.45) is -1.05. The Bertz CT molecular complexity index is 361. The lowest BCUT2D eigenvalue weighted by atomic mass is 10.1. The predicted molar refractivity (Wildman–Crippen MR) is 52.2 cm³/mol. The van der Waals surface area contributed by atoms with Crippen molar-refractivity contribution in [2.75, 3.05) is 0 Å². The Morgan fingerprint density at radius 2 is 2.00 bits per heavy atom. The molecule has 0 unspecified atom stereocenters. The molecule has 0 bridgehead atoms. The molecule has 1 aliphatic carbocycles. The SMILES string of the molecule is OC1(c2ccc(C(F)F)c(Br)c2)CC1. The van der Waals surface area contributed by atoms with Crippen LogP contribution in [0.25, 0.3) is 0 Å². The van der Waals surface area contributed by atoms with Crippen LogP contribution in [0.3, 0.4) is 0 Å². The Hall–Kier alpha value is -0.480. The molecule has 76 valence electrons. The fourth-order valence-corrected chi connectivity index (χ4v) is 1.95. The smallest absolute Gasteiger partial charge is 0.264 e. The monoisotopic (exact) mass is 262 g/mol. The molecule has 0 atom stereocenters. The van der Waals surface area contributed by atoms with Gasteiger partial charge in [-0.2, -0.15) is 0 Å². The maximum atomic E-state index is 12.4. The van der Waals surface area contributed by atoms with Crippen LogP contribution in [0, 0.1) is 0 Å². The van der Waals surface area contributed by atoms with Crippen LogP contribution in [0.15, 0.2) is 22.7 Å². The zero-order valence-corrected chi connectivity index (χ0v) is 8.89. The van der Waals surface area contributed by atoms with Crippen LogP contribution < -0.4 is 0 Å². The van der Waals surface area contributed by atoms with Crippen molar-refractivity contribution in [1.29, 1.82) is 0 Å². The molecule has 0 radical (unpaired) electrons. The predicted octanol–water partition coefficient (Wildman–Crippen LogP) is 3.37. The number of hydrogen-bond donors (Lipinski definition) is 1. The summed E-state index contributed by atoms with van der Waals surface area (Å²) in [6.45, 7) is 0. The maximum absolute atomic E-state index is 12.4. The van der Waals surface area contributed by atoms with Gasteiger partial charge in [0.25, 0.3) is 6.43 Å². The van der Waals surface area contributed by atoms with E-state index in [0.717, 1.165) is 0 Å². The molecule has 0 aromatic heterocycles. The van der Waals surface area contributed by atoms with Gasteiger partial charge in [-0.05, 0) is 24.5 Å². The number of benzene rings is 1. The molecule has 0 amide bonds. The van der Waals surface area contributed by atoms with E-state index >= 15 is 0 Å². The molecule has 1 nitrogen and oxygen atoms in total. The third-order valence-corrected chi connectivity index (χ3v) is 3.18. The molecule has 0 spiro atoms. The molecular formula is C10H9BrF2O. The molecule has 2 rings (SSSR count). The van der Waals surface area contributed by atoms with Gasteiger partial charge in [0.2, 0.25) is 0 Å². The Morgan fingerprint density at radius 1 is 1.36 bits per heavy atom. The van der Waals surface area contributed by atoms with Crippen molar-refractivity contribution in [3.63, 3.8) is 0 Å². The lowest BCUT2D eigenvalue weighted by Gasteiger charge is -2.10. The Balaban J connectivity index is 2.36. The van der Waals surface area contributed by atoms with Crippen LogP contribution >= 0.6 is 15.9 Å². The number of halogens is 3. The average Bonchev–Trinajstić information content (AvgIpc) is 2.84. The highest BCUT2D eigenvalue weighted by molar-refractivity contribution is 9.10. The lowest BCUT2D eigenvalue weighted by molar-refractivity contribution is 0.146. The van der Waals surface area contributed by atoms with Crippen molar-refractivity contribution < 1.29 is 13.9 Å². The molecule has 0 saturated heterocycles. The van der Waals surface area contributed by atoms with Gasteiger partial charge in [-0.15, -0.1) is 0 Å². The van der Waals surface area contributed by atoms with Crippen LogP contribution in [0.5, 0.6) is 0 Å². The first-order valence-electron chi connectivity index (χ1n) is 4.33. The first-order valence-corrected chi connectivity index (χ1v) is 5.13. The standard InChI is InChI=1S/C10H9BrF2O/c11-8-5-6(10(14)3-4-10)1-2-7(8)9(12)13/h1-2,5,9,14H,3-4H2. The number of hydrogen-bond acceptors (Lipinski definition) is 1. The second-order valence-electron chi connectivity index (χ2n) is 3.57. The van der Waals surface area contributed by atoms with Crippen LogP contribution in [-0.2, 0) is 5.60 Å². The second-order valence-corrected chi connectivity index (χ2v) is 4.42. The third kappa shape index (κ3) is 1.68. The number of alkyl halides is 2. The average molecular weight is 263 g/mol. The minimum absolute atomic E-state index is 0.0296. The van der Waals surface area contributed by atoms with Gasteiger partial charge in [0.1, 0.15) is 0 Å². The zero-order valence-electron chi connectivity index (χ0n) is 7.30. The van der Waals surface area contributed by atoms with Crippen molar-refractivity contribution in [3.8, 4) is 0 Å². The van der Waals surface area contributed by atoms with E-state index in [4.69, 9.17) is 0 Å². The van der Waals surface area contributed by atoms with Gasteiger partial charge < -0.3 is 5.11 Å². The molecule has 14 heavy (non-hydrogen) atoms. The van der Waals surface area contributed by atoms with Gasteiger partial charge >= 0.3 is 0 Å². The first-order chi connectivity index (χ1) is 6.53. The second kappa shape index (κ2) is 3.28. The minimum Gasteiger partial charge on any atom is -0.385 e. The van der Waals surface area contributed by atoms with E-state index < -0.39 is 12.0 Å². The van der Waals surface area contributed by atoms with Gasteiger partial charge in [-0.25, -0.2) is 8.78 Å². The molecule has 0 aliphatic heterocycles. The van der Waals surface area contributed by atoms with E-state index in [1.165, 1.54) is 6.07 Å². The minimum atomic E-state index is -2.48. The molecule has 1 fully saturated rings. The number of aliphatic hydroxyl groups is 1. The summed E-state index contributed by atoms with van der Waals surface area (Å²) < 4.78 is 25.1. The molecule has 4 heteroatoms. The Labute approximate surface area is 88.9 Å². The van der Waals surface area contributed by atoms with Gasteiger partial charge in [-0.3, -0.25) is 0 Å². The third-order valence-electron chi connectivity index (χ3n) is 2.50. The van der Waals surface area contributed by atoms with Crippen molar-refractivity contribution in [2.24, 2.45) is 0 Å². The quantitative estimate of drug-likeness (QED) is 0.867. The van der Waals surface area contributed by atoms with E-state index in [0.29, 0.717) is 22.9 Å². The van der Waals surface area contributed by atoms with Crippen molar-refractivity contribution in [3.05, 3.63) is 33.8 Å². The summed E-state index contributed by atoms with van der Waals surface area (Å²) in [5.74, 6) is 0. The van der Waals surface area contributed by atoms with Gasteiger partial charge in [0.15, 0.2) is 0 Å². The van der Waals surface area contributed by atoms with Crippen LogP contribution in [-0.4, -0.2) is 5.11 Å². The zero-order chi connectivity index (χ0) is 10.3. The molecule has 1 aliphatic rings. The van der Waals surface area contributed by atoms with Gasteiger partial charge in [-0.1, -0.05) is 28.1 Å². The van der Waals surface area contributed by atoms with Crippen molar-refractivity contribution in [1.82, 2.24) is 0 Å². The normalized spacial score (nSPS) is 18.6. The van der Waals surface area contributed by atoms with E-state index in [9.17, 15) is 13.9 Å². The van der Waals surface area contributed by atoms with E-state index in [1.54, 1.807) is 12.1 Å².